The van der Waals surface area contributed by atoms with Crippen molar-refractivity contribution in [1.29, 1.82) is 0 Å². The summed E-state index contributed by atoms with van der Waals surface area (Å²) < 4.78 is 26.6. The molecule has 7 heteroatoms. The quantitative estimate of drug-likeness (QED) is 0.516. The predicted octanol–water partition coefficient (Wildman–Crippen LogP) is 2.24. The van der Waals surface area contributed by atoms with Gasteiger partial charge in [-0.1, -0.05) is 36.4 Å². The number of benzene rings is 2. The number of hydrogen-bond acceptors (Lipinski definition) is 3. The molecule has 22 heavy (non-hydrogen) atoms. The van der Waals surface area contributed by atoms with Gasteiger partial charge in [-0.25, -0.2) is 14.2 Å². The molecule has 0 aromatic heterocycles. The van der Waals surface area contributed by atoms with Crippen LogP contribution in [0.15, 0.2) is 63.8 Å². The van der Waals surface area contributed by atoms with Crippen molar-refractivity contribution in [1.82, 2.24) is 5.43 Å². The largest absolute Gasteiger partial charge is 0.367 e. The number of halogens is 2. The fourth-order valence-corrected chi connectivity index (χ4v) is 1.50. The van der Waals surface area contributed by atoms with Crippen LogP contribution in [0.4, 0.5) is 8.78 Å². The molecular formula is C15H13F2N5. The maximum absolute atomic E-state index is 13.3. The average molecular weight is 301 g/mol. The molecule has 3 N–H and O–H groups in total. The highest BCUT2D eigenvalue weighted by atomic mass is 19.1. The van der Waals surface area contributed by atoms with Gasteiger partial charge in [-0.3, -0.25) is 0 Å². The number of hydrogen-bond donors (Lipinski definition) is 2. The van der Waals surface area contributed by atoms with Crippen LogP contribution in [0, 0.1) is 11.6 Å². The summed E-state index contributed by atoms with van der Waals surface area (Å²) in [6.07, 6.45) is 2.49. The zero-order chi connectivity index (χ0) is 15.8. The van der Waals surface area contributed by atoms with Crippen LogP contribution in [0.2, 0.25) is 0 Å². The van der Waals surface area contributed by atoms with Crippen LogP contribution in [0.3, 0.4) is 0 Å². The third-order valence-electron chi connectivity index (χ3n) is 2.56. The van der Waals surface area contributed by atoms with Crippen molar-refractivity contribution in [3.8, 4) is 0 Å². The maximum Gasteiger partial charge on any atom is 0.234 e. The Morgan fingerprint density at radius 2 is 1.45 bits per heavy atom. The molecule has 0 saturated carbocycles. The molecule has 0 spiro atoms. The first-order chi connectivity index (χ1) is 10.7. The van der Waals surface area contributed by atoms with Gasteiger partial charge in [0.05, 0.1) is 12.4 Å². The van der Waals surface area contributed by atoms with Crippen LogP contribution in [-0.2, 0) is 0 Å². The van der Waals surface area contributed by atoms with E-state index in [9.17, 15) is 8.78 Å². The molecule has 0 atom stereocenters. The number of nitrogens with zero attached hydrogens (tertiary/aromatic N) is 3. The van der Waals surface area contributed by atoms with Gasteiger partial charge in [-0.05, 0) is 12.1 Å². The molecule has 0 aliphatic heterocycles. The number of nitrogens with one attached hydrogen (secondary N) is 1. The number of rotatable bonds is 4. The summed E-state index contributed by atoms with van der Waals surface area (Å²) in [6, 6.07) is 12.2. The van der Waals surface area contributed by atoms with E-state index in [0.29, 0.717) is 5.56 Å². The first-order valence-corrected chi connectivity index (χ1v) is 6.31. The van der Waals surface area contributed by atoms with Crippen molar-refractivity contribution in [3.63, 3.8) is 0 Å². The third kappa shape index (κ3) is 4.48. The summed E-state index contributed by atoms with van der Waals surface area (Å²) in [6.45, 7) is 0. The predicted molar refractivity (Wildman–Crippen MR) is 82.7 cm³/mol. The Balaban J connectivity index is 1.93. The molecule has 0 aliphatic carbocycles. The topological polar surface area (TPSA) is 75.1 Å². The number of hydrazone groups is 1. The summed E-state index contributed by atoms with van der Waals surface area (Å²) in [5.74, 6) is -0.924. The smallest absolute Gasteiger partial charge is 0.234 e. The number of guanidine groups is 1. The SMILES string of the molecule is NC(=N/N=C\c1ccccc1F)N/N=C\c1ccccc1F. The van der Waals surface area contributed by atoms with Gasteiger partial charge in [0.2, 0.25) is 5.96 Å². The van der Waals surface area contributed by atoms with E-state index in [0.717, 1.165) is 0 Å². The van der Waals surface area contributed by atoms with Crippen molar-refractivity contribution in [2.24, 2.45) is 21.0 Å². The van der Waals surface area contributed by atoms with Crippen LogP contribution < -0.4 is 11.2 Å². The molecule has 0 radical (unpaired) electrons. The Hall–Kier alpha value is -3.09. The van der Waals surface area contributed by atoms with Gasteiger partial charge >= 0.3 is 0 Å². The number of nitrogens with two attached hydrogens (primary N) is 1. The van der Waals surface area contributed by atoms with E-state index in [2.05, 4.69) is 20.7 Å². The van der Waals surface area contributed by atoms with Gasteiger partial charge < -0.3 is 5.73 Å². The van der Waals surface area contributed by atoms with Crippen molar-refractivity contribution < 1.29 is 8.78 Å². The molecule has 0 saturated heterocycles. The highest BCUT2D eigenvalue weighted by Gasteiger charge is 1.96. The lowest BCUT2D eigenvalue weighted by Gasteiger charge is -1.97. The van der Waals surface area contributed by atoms with Crippen molar-refractivity contribution in [2.75, 3.05) is 0 Å². The monoisotopic (exact) mass is 301 g/mol. The Morgan fingerprint density at radius 3 is 2.05 bits per heavy atom. The Kier molecular flexibility index (Phi) is 5.31. The summed E-state index contributed by atoms with van der Waals surface area (Å²) in [4.78, 5) is 0. The lowest BCUT2D eigenvalue weighted by atomic mass is 10.2. The molecule has 2 aromatic carbocycles. The van der Waals surface area contributed by atoms with E-state index >= 15 is 0 Å². The second kappa shape index (κ2) is 7.63. The highest BCUT2D eigenvalue weighted by Crippen LogP contribution is 2.03. The van der Waals surface area contributed by atoms with Crippen molar-refractivity contribution in [3.05, 3.63) is 71.3 Å². The van der Waals surface area contributed by atoms with Crippen LogP contribution >= 0.6 is 0 Å². The second-order valence-corrected chi connectivity index (χ2v) is 4.14. The van der Waals surface area contributed by atoms with Crippen molar-refractivity contribution in [2.45, 2.75) is 0 Å². The molecule has 0 unspecified atom stereocenters. The van der Waals surface area contributed by atoms with Crippen LogP contribution in [0.1, 0.15) is 11.1 Å². The van der Waals surface area contributed by atoms with Gasteiger partial charge in [0.25, 0.3) is 0 Å². The molecule has 112 valence electrons. The fourth-order valence-electron chi connectivity index (χ4n) is 1.50. The lowest BCUT2D eigenvalue weighted by Crippen LogP contribution is -2.26. The molecule has 2 aromatic rings. The third-order valence-corrected chi connectivity index (χ3v) is 2.56. The van der Waals surface area contributed by atoms with Gasteiger partial charge in [0, 0.05) is 11.1 Å². The summed E-state index contributed by atoms with van der Waals surface area (Å²) in [7, 11) is 0. The minimum atomic E-state index is -0.412. The van der Waals surface area contributed by atoms with Gasteiger partial charge in [-0.2, -0.15) is 10.2 Å². The van der Waals surface area contributed by atoms with Gasteiger partial charge in [0.1, 0.15) is 11.6 Å². The Labute approximate surface area is 125 Å². The lowest BCUT2D eigenvalue weighted by molar-refractivity contribution is 0.625. The molecule has 0 aliphatic rings. The zero-order valence-electron chi connectivity index (χ0n) is 11.4. The van der Waals surface area contributed by atoms with E-state index in [1.807, 2.05) is 0 Å². The molecule has 0 fully saturated rings. The molecular weight excluding hydrogens is 288 g/mol. The van der Waals surface area contributed by atoms with Gasteiger partial charge in [-0.15, -0.1) is 5.10 Å². The van der Waals surface area contributed by atoms with Crippen LogP contribution in [-0.4, -0.2) is 18.4 Å². The Morgan fingerprint density at radius 1 is 0.909 bits per heavy atom. The van der Waals surface area contributed by atoms with E-state index in [1.165, 1.54) is 24.6 Å². The zero-order valence-corrected chi connectivity index (χ0v) is 11.4. The first kappa shape index (κ1) is 15.3. The summed E-state index contributed by atoms with van der Waals surface area (Å²) >= 11 is 0. The highest BCUT2D eigenvalue weighted by molar-refractivity contribution is 5.84. The maximum atomic E-state index is 13.3. The summed E-state index contributed by atoms with van der Waals surface area (Å²) in [5, 5.41) is 11.0. The second-order valence-electron chi connectivity index (χ2n) is 4.14. The van der Waals surface area contributed by atoms with E-state index in [4.69, 9.17) is 5.73 Å². The van der Waals surface area contributed by atoms with Crippen LogP contribution in [0.5, 0.6) is 0 Å². The van der Waals surface area contributed by atoms with E-state index in [-0.39, 0.29) is 11.5 Å². The van der Waals surface area contributed by atoms with E-state index < -0.39 is 11.6 Å². The van der Waals surface area contributed by atoms with Gasteiger partial charge in [0.15, 0.2) is 0 Å². The molecule has 0 bridgehead atoms. The molecule has 2 rings (SSSR count). The first-order valence-electron chi connectivity index (χ1n) is 6.31. The Bertz CT molecular complexity index is 725. The van der Waals surface area contributed by atoms with E-state index in [1.54, 1.807) is 36.4 Å². The van der Waals surface area contributed by atoms with Crippen LogP contribution in [0.25, 0.3) is 0 Å². The molecule has 5 nitrogen and oxygen atoms in total. The summed E-state index contributed by atoms with van der Waals surface area (Å²) in [5.41, 5.74) is 8.47. The van der Waals surface area contributed by atoms with Crippen molar-refractivity contribution >= 4 is 18.4 Å². The normalized spacial score (nSPS) is 12.2. The standard InChI is InChI=1S/C15H13F2N5/c16-13-7-3-1-5-11(13)9-19-21-15(18)22-20-10-12-6-2-4-8-14(12)17/h1-10H,(H3,18,21,22)/b19-9-,20-10-. The molecule has 0 heterocycles. The average Bonchev–Trinajstić information content (AvgIpc) is 2.51. The minimum absolute atomic E-state index is 0.111. The fraction of sp³-hybridized carbons (Fsp3) is 0. The molecule has 0 amide bonds. The minimum Gasteiger partial charge on any atom is -0.367 e.